The zero-order valence-electron chi connectivity index (χ0n) is 38.6. The van der Waals surface area contributed by atoms with E-state index in [-0.39, 0.29) is 10.8 Å². The summed E-state index contributed by atoms with van der Waals surface area (Å²) in [5.41, 5.74) is 21.2. The number of hydrogen-bond acceptors (Lipinski definition) is 2. The van der Waals surface area contributed by atoms with E-state index in [0.717, 1.165) is 45.9 Å². The van der Waals surface area contributed by atoms with Crippen LogP contribution in [0.15, 0.2) is 200 Å². The molecule has 11 aromatic rings. The number of rotatable bonds is 5. The van der Waals surface area contributed by atoms with Crippen molar-refractivity contribution in [2.75, 3.05) is 0 Å². The second kappa shape index (κ2) is 14.2. The first-order valence-corrected chi connectivity index (χ1v) is 24.0. The molecule has 3 aliphatic rings. The summed E-state index contributed by atoms with van der Waals surface area (Å²) in [6, 6.07) is 67.0. The van der Waals surface area contributed by atoms with Crippen molar-refractivity contribution < 1.29 is 0 Å². The molecular formula is C64H48N4. The number of nitrogens with zero attached hydrogens (tertiary/aromatic N) is 4. The molecule has 4 heteroatoms. The van der Waals surface area contributed by atoms with Crippen molar-refractivity contribution in [3.05, 3.63) is 222 Å². The first kappa shape index (κ1) is 39.1. The molecule has 3 aromatic heterocycles. The third-order valence-corrected chi connectivity index (χ3v) is 15.8. The molecule has 0 fully saturated rings. The van der Waals surface area contributed by atoms with Gasteiger partial charge in [0.15, 0.2) is 5.82 Å². The number of para-hydroxylation sites is 2. The second-order valence-corrected chi connectivity index (χ2v) is 20.2. The van der Waals surface area contributed by atoms with E-state index < -0.39 is 0 Å². The first-order chi connectivity index (χ1) is 33.2. The van der Waals surface area contributed by atoms with Crippen LogP contribution in [0.2, 0.25) is 0 Å². The SMILES string of the molecule is CC1(C)c2ccccc2-c2cc3c4ccccc4n(-c4cc(-c5cc(-c6ccccc6)nc(-c6ccccc6)n5)cc(-n5c6ccccc6c6cc7c(cc65)C(C)(C)C5CC=CC=C75)c4)c3cc21. The molecule has 4 nitrogen and oxygen atoms in total. The van der Waals surface area contributed by atoms with Crippen LogP contribution in [0.25, 0.3) is 106 Å². The predicted molar refractivity (Wildman–Crippen MR) is 283 cm³/mol. The Kier molecular flexibility index (Phi) is 8.18. The molecule has 0 amide bonds. The van der Waals surface area contributed by atoms with Crippen molar-refractivity contribution in [3.63, 3.8) is 0 Å². The standard InChI is InChI=1S/C64H48N4/c1-63(2)52-27-15-11-23-44(52)48-34-50-46-25-13-17-29-58(46)67(60(50)36-54(48)63)42-31-41(57-38-56(39-19-7-5-8-20-39)65-62(66-57)40-21-9-6-10-22-40)32-43(33-42)68-59-30-18-14-26-47(59)51-35-49-45-24-12-16-28-53(45)64(3,4)55(49)37-61(51)68/h5-27,29-38,53H,28H2,1-4H3. The molecule has 0 N–H and O–H groups in total. The van der Waals surface area contributed by atoms with Gasteiger partial charge in [-0.2, -0.15) is 0 Å². The van der Waals surface area contributed by atoms with Gasteiger partial charge in [0.2, 0.25) is 0 Å². The summed E-state index contributed by atoms with van der Waals surface area (Å²) in [5.74, 6) is 1.15. The van der Waals surface area contributed by atoms with Crippen LogP contribution < -0.4 is 0 Å². The molecule has 3 heterocycles. The highest BCUT2D eigenvalue weighted by atomic mass is 15.0. The minimum atomic E-state index is -0.155. The summed E-state index contributed by atoms with van der Waals surface area (Å²) in [5, 5.41) is 5.00. The van der Waals surface area contributed by atoms with Gasteiger partial charge >= 0.3 is 0 Å². The lowest BCUT2D eigenvalue weighted by Crippen LogP contribution is -2.23. The molecule has 1 unspecified atom stereocenters. The van der Waals surface area contributed by atoms with Crippen molar-refractivity contribution in [2.24, 2.45) is 5.92 Å². The average molecular weight is 873 g/mol. The molecule has 324 valence electrons. The van der Waals surface area contributed by atoms with E-state index in [1.54, 1.807) is 0 Å². The van der Waals surface area contributed by atoms with Crippen LogP contribution in [-0.4, -0.2) is 19.1 Å². The normalized spacial score (nSPS) is 16.3. The number of aromatic nitrogens is 4. The molecule has 0 bridgehead atoms. The molecule has 0 saturated carbocycles. The van der Waals surface area contributed by atoms with Gasteiger partial charge < -0.3 is 9.13 Å². The Morgan fingerprint density at radius 2 is 1.00 bits per heavy atom. The summed E-state index contributed by atoms with van der Waals surface area (Å²) >= 11 is 0. The molecule has 1 atom stereocenters. The Labute approximate surface area is 396 Å². The maximum absolute atomic E-state index is 5.45. The smallest absolute Gasteiger partial charge is 0.160 e. The van der Waals surface area contributed by atoms with E-state index in [1.807, 2.05) is 6.07 Å². The largest absolute Gasteiger partial charge is 0.309 e. The zero-order chi connectivity index (χ0) is 45.5. The van der Waals surface area contributed by atoms with Gasteiger partial charge in [-0.15, -0.1) is 0 Å². The third-order valence-electron chi connectivity index (χ3n) is 15.8. The molecular weight excluding hydrogens is 825 g/mol. The number of fused-ring (bicyclic) bond motifs is 12. The highest BCUT2D eigenvalue weighted by Gasteiger charge is 2.43. The van der Waals surface area contributed by atoms with Crippen molar-refractivity contribution in [3.8, 4) is 56.4 Å². The van der Waals surface area contributed by atoms with Crippen LogP contribution in [0.5, 0.6) is 0 Å². The number of allylic oxidation sites excluding steroid dienone is 4. The monoisotopic (exact) mass is 872 g/mol. The summed E-state index contributed by atoms with van der Waals surface area (Å²) in [7, 11) is 0. The van der Waals surface area contributed by atoms with Crippen molar-refractivity contribution in [1.82, 2.24) is 19.1 Å². The maximum Gasteiger partial charge on any atom is 0.160 e. The molecule has 0 saturated heterocycles. The van der Waals surface area contributed by atoms with Gasteiger partial charge in [0.05, 0.1) is 33.5 Å². The second-order valence-electron chi connectivity index (χ2n) is 20.2. The van der Waals surface area contributed by atoms with Gasteiger partial charge in [-0.1, -0.05) is 167 Å². The van der Waals surface area contributed by atoms with Crippen LogP contribution in [0.3, 0.4) is 0 Å². The van der Waals surface area contributed by atoms with E-state index in [0.29, 0.717) is 11.7 Å². The van der Waals surface area contributed by atoms with Gasteiger partial charge in [0.25, 0.3) is 0 Å². The van der Waals surface area contributed by atoms with Crippen molar-refractivity contribution >= 4 is 49.2 Å². The first-order valence-electron chi connectivity index (χ1n) is 24.0. The van der Waals surface area contributed by atoms with Gasteiger partial charge in [-0.25, -0.2) is 9.97 Å². The maximum atomic E-state index is 5.45. The van der Waals surface area contributed by atoms with E-state index in [1.165, 1.54) is 82.6 Å². The van der Waals surface area contributed by atoms with Gasteiger partial charge in [-0.05, 0) is 117 Å². The van der Waals surface area contributed by atoms with E-state index in [9.17, 15) is 0 Å². The summed E-state index contributed by atoms with van der Waals surface area (Å²) in [6.07, 6.45) is 8.01. The Bertz CT molecular complexity index is 3930. The molecule has 14 rings (SSSR count). The van der Waals surface area contributed by atoms with Gasteiger partial charge in [0.1, 0.15) is 0 Å². The minimum Gasteiger partial charge on any atom is -0.309 e. The summed E-state index contributed by atoms with van der Waals surface area (Å²) in [4.78, 5) is 10.7. The number of hydrogen-bond donors (Lipinski definition) is 0. The third kappa shape index (κ3) is 5.55. The highest BCUT2D eigenvalue weighted by Crippen LogP contribution is 2.55. The average Bonchev–Trinajstić information content (AvgIpc) is 4.04. The highest BCUT2D eigenvalue weighted by molar-refractivity contribution is 6.13. The van der Waals surface area contributed by atoms with Crippen LogP contribution in [0, 0.1) is 5.92 Å². The molecule has 0 radical (unpaired) electrons. The fourth-order valence-electron chi connectivity index (χ4n) is 12.4. The lowest BCUT2D eigenvalue weighted by molar-refractivity contribution is 0.415. The fraction of sp³-hybridized carbons (Fsp3) is 0.125. The van der Waals surface area contributed by atoms with Gasteiger partial charge in [0, 0.05) is 55.0 Å². The lowest BCUT2D eigenvalue weighted by Gasteiger charge is -2.29. The van der Waals surface area contributed by atoms with Crippen LogP contribution in [-0.2, 0) is 10.8 Å². The van der Waals surface area contributed by atoms with Crippen molar-refractivity contribution in [2.45, 2.75) is 44.9 Å². The zero-order valence-corrected chi connectivity index (χ0v) is 38.6. The lowest BCUT2D eigenvalue weighted by atomic mass is 9.75. The van der Waals surface area contributed by atoms with E-state index >= 15 is 0 Å². The quantitative estimate of drug-likeness (QED) is 0.173. The minimum absolute atomic E-state index is 0.0201. The topological polar surface area (TPSA) is 35.6 Å². The van der Waals surface area contributed by atoms with Crippen molar-refractivity contribution in [1.29, 1.82) is 0 Å². The summed E-state index contributed by atoms with van der Waals surface area (Å²) < 4.78 is 5.03. The Balaban J connectivity index is 1.09. The van der Waals surface area contributed by atoms with E-state index in [4.69, 9.17) is 9.97 Å². The Morgan fingerprint density at radius 3 is 1.68 bits per heavy atom. The Morgan fingerprint density at radius 1 is 0.441 bits per heavy atom. The molecule has 68 heavy (non-hydrogen) atoms. The molecule has 3 aliphatic carbocycles. The molecule has 8 aromatic carbocycles. The Hall–Kier alpha value is -8.08. The fourth-order valence-corrected chi connectivity index (χ4v) is 12.4. The van der Waals surface area contributed by atoms with Crippen LogP contribution in [0.4, 0.5) is 0 Å². The van der Waals surface area contributed by atoms with Gasteiger partial charge in [-0.3, -0.25) is 0 Å². The van der Waals surface area contributed by atoms with E-state index in [2.05, 4.69) is 231 Å². The molecule has 0 aliphatic heterocycles. The summed E-state index contributed by atoms with van der Waals surface area (Å²) in [6.45, 7) is 9.63. The van der Waals surface area contributed by atoms with Crippen LogP contribution >= 0.6 is 0 Å². The number of benzene rings is 8. The predicted octanol–water partition coefficient (Wildman–Crippen LogP) is 16.2. The molecule has 0 spiro atoms. The van der Waals surface area contributed by atoms with Crippen LogP contribution in [0.1, 0.15) is 56.4 Å².